The van der Waals surface area contributed by atoms with E-state index >= 15 is 0 Å². The number of allylic oxidation sites excluding steroid dienone is 4. The van der Waals surface area contributed by atoms with Gasteiger partial charge in [-0.3, -0.25) is 6.08 Å². The van der Waals surface area contributed by atoms with E-state index in [2.05, 4.69) is 38.7 Å². The molecule has 0 heterocycles. The molecular formula is C12H29Al3Cl3OTi-. The fraction of sp³-hybridized carbons (Fsp3) is 0.667. The Kier molecular flexibility index (Phi) is 72.1. The third-order valence-corrected chi connectivity index (χ3v) is 8.38. The minimum Gasteiger partial charge on any atom is -0.645 e. The van der Waals surface area contributed by atoms with E-state index in [0.717, 1.165) is 23.0 Å². The molecule has 0 fully saturated rings. The Labute approximate surface area is 179 Å². The van der Waals surface area contributed by atoms with E-state index in [4.69, 9.17) is 2.84 Å². The van der Waals surface area contributed by atoms with Crippen LogP contribution in [0.2, 0.25) is 21.6 Å². The molecule has 8 heteroatoms. The van der Waals surface area contributed by atoms with Crippen LogP contribution in [-0.4, -0.2) is 46.3 Å². The minimum atomic E-state index is -0.171. The molecule has 20 heavy (non-hydrogen) atoms. The van der Waals surface area contributed by atoms with Crippen LogP contribution in [-0.2, 0) is 24.6 Å². The van der Waals surface area contributed by atoms with Crippen LogP contribution in [0.5, 0.6) is 0 Å². The molecule has 0 saturated carbocycles. The first-order chi connectivity index (χ1) is 7.76. The molecule has 0 saturated heterocycles. The molecule has 0 atom stereocenters. The molecule has 0 spiro atoms. The molecule has 0 bridgehead atoms. The summed E-state index contributed by atoms with van der Waals surface area (Å²) in [6.45, 7) is 6.97. The van der Waals surface area contributed by atoms with Gasteiger partial charge in [0.15, 0.2) is 0 Å². The summed E-state index contributed by atoms with van der Waals surface area (Å²) in [6, 6.07) is 0. The predicted octanol–water partition coefficient (Wildman–Crippen LogP) is 4.06. The fourth-order valence-electron chi connectivity index (χ4n) is 1.21. The fourth-order valence-corrected chi connectivity index (χ4v) is 2.94. The number of hydrogen-bond acceptors (Lipinski definition) is 1. The van der Waals surface area contributed by atoms with Crippen molar-refractivity contribution in [2.75, 3.05) is 0 Å². The molecule has 1 aliphatic carbocycles. The summed E-state index contributed by atoms with van der Waals surface area (Å²) in [7, 11) is 0. The van der Waals surface area contributed by atoms with Crippen molar-refractivity contribution in [3.63, 3.8) is 0 Å². The van der Waals surface area contributed by atoms with Crippen molar-refractivity contribution in [3.05, 3.63) is 24.3 Å². The summed E-state index contributed by atoms with van der Waals surface area (Å²) in [6.07, 6.45) is 10.0. The van der Waals surface area contributed by atoms with E-state index in [1.54, 1.807) is 0 Å². The molecule has 0 amide bonds. The quantitative estimate of drug-likeness (QED) is 0.489. The van der Waals surface area contributed by atoms with Crippen LogP contribution in [0.1, 0.15) is 27.2 Å². The molecule has 1 nitrogen and oxygen atoms in total. The van der Waals surface area contributed by atoms with Crippen LogP contribution in [0.15, 0.2) is 18.2 Å². The van der Waals surface area contributed by atoms with Gasteiger partial charge >= 0.3 is 32.2 Å². The molecule has 0 radical (unpaired) electrons. The SMILES string of the molecule is C[CH2][Al]([CH2]C)[CH2]C.Cl.Cl.Cl.[C-]1=CC=CC1.[CH3][AlH][O][AlH2].[Ti]. The Morgan fingerprint density at radius 1 is 1.15 bits per heavy atom. The van der Waals surface area contributed by atoms with Crippen LogP contribution < -0.4 is 0 Å². The minimum absolute atomic E-state index is 0. The van der Waals surface area contributed by atoms with E-state index in [1.165, 1.54) is 15.8 Å². The molecule has 1 rings (SSSR count). The average molecular weight is 425 g/mol. The third-order valence-electron chi connectivity index (χ3n) is 2.61. The van der Waals surface area contributed by atoms with E-state index < -0.39 is 0 Å². The Morgan fingerprint density at radius 2 is 1.55 bits per heavy atom. The van der Waals surface area contributed by atoms with Crippen molar-refractivity contribution >= 4 is 83.5 Å². The summed E-state index contributed by atoms with van der Waals surface area (Å²) in [4.78, 5) is 0. The Bertz CT molecular complexity index is 166. The maximum Gasteiger partial charge on any atom is 0.401 e. The summed E-state index contributed by atoms with van der Waals surface area (Å²) in [5, 5.41) is 4.48. The maximum atomic E-state index is 4.82. The number of rotatable bonds is 4. The first kappa shape index (κ1) is 38.3. The van der Waals surface area contributed by atoms with Gasteiger partial charge in [0, 0.05) is 21.7 Å². The topological polar surface area (TPSA) is 9.23 Å². The van der Waals surface area contributed by atoms with Gasteiger partial charge in [0.05, 0.1) is 0 Å². The second-order valence-electron chi connectivity index (χ2n) is 3.67. The first-order valence-corrected chi connectivity index (χ1v) is 11.7. The number of halogens is 3. The van der Waals surface area contributed by atoms with Crippen LogP contribution >= 0.6 is 37.2 Å². The van der Waals surface area contributed by atoms with Gasteiger partial charge < -0.3 is 2.84 Å². The summed E-state index contributed by atoms with van der Waals surface area (Å²) in [5.74, 6) is 2.13. The van der Waals surface area contributed by atoms with Gasteiger partial charge in [-0.25, -0.2) is 12.2 Å². The van der Waals surface area contributed by atoms with Crippen LogP contribution in [0.4, 0.5) is 0 Å². The standard InChI is InChI=1S/C5H5.3C2H5.CH3.3Al.3ClH.O.Ti.3H/c1-2-4-5-3-1;3*1-2;;;;;;;;;;;;/h1-3H,4H2;3*1H2,2H3;1H3;;;;3*1H;;;;;/q-1;;;;;;;;;;;;;;;. The second kappa shape index (κ2) is 37.7. The molecule has 1 aliphatic rings. The van der Waals surface area contributed by atoms with Gasteiger partial charge in [0.2, 0.25) is 0 Å². The van der Waals surface area contributed by atoms with E-state index in [1.807, 2.05) is 12.2 Å². The molecule has 0 aromatic rings. The first-order valence-electron chi connectivity index (χ1n) is 6.47. The second-order valence-corrected chi connectivity index (χ2v) is 10.7. The monoisotopic (exact) mass is 423 g/mol. The van der Waals surface area contributed by atoms with E-state index in [9.17, 15) is 0 Å². The summed E-state index contributed by atoms with van der Waals surface area (Å²) < 4.78 is 4.82. The summed E-state index contributed by atoms with van der Waals surface area (Å²) >= 11 is 0.766. The van der Waals surface area contributed by atoms with Crippen molar-refractivity contribution in [1.82, 2.24) is 0 Å². The van der Waals surface area contributed by atoms with E-state index in [-0.39, 0.29) is 88.6 Å². The Hall–Kier alpha value is 2.62. The zero-order chi connectivity index (χ0) is 12.6. The smallest absolute Gasteiger partial charge is 0.401 e. The van der Waals surface area contributed by atoms with Crippen LogP contribution in [0.3, 0.4) is 0 Å². The van der Waals surface area contributed by atoms with Crippen molar-refractivity contribution in [2.45, 2.75) is 48.8 Å². The van der Waals surface area contributed by atoms with Gasteiger partial charge in [-0.1, -0.05) is 42.4 Å². The van der Waals surface area contributed by atoms with Gasteiger partial charge in [-0.15, -0.1) is 43.6 Å². The molecule has 0 aliphatic heterocycles. The van der Waals surface area contributed by atoms with Gasteiger partial charge in [-0.2, -0.15) is 6.08 Å². The summed E-state index contributed by atoms with van der Waals surface area (Å²) in [5.41, 5.74) is 0. The largest absolute Gasteiger partial charge is 0.645 e. The van der Waals surface area contributed by atoms with Crippen LogP contribution in [0.25, 0.3) is 0 Å². The van der Waals surface area contributed by atoms with Crippen molar-refractivity contribution in [2.24, 2.45) is 0 Å². The maximum absolute atomic E-state index is 4.82. The number of hydrogen-bond donors (Lipinski definition) is 0. The van der Waals surface area contributed by atoms with Gasteiger partial charge in [0.1, 0.15) is 0 Å². The van der Waals surface area contributed by atoms with Crippen LogP contribution in [0, 0.1) is 6.08 Å². The van der Waals surface area contributed by atoms with Crippen molar-refractivity contribution in [3.8, 4) is 0 Å². The predicted molar refractivity (Wildman–Crippen MR) is 103 cm³/mol. The molecule has 0 unspecified atom stereocenters. The molecular weight excluding hydrogens is 395 g/mol. The zero-order valence-corrected chi connectivity index (χ0v) is 22.1. The van der Waals surface area contributed by atoms with Crippen molar-refractivity contribution in [1.29, 1.82) is 0 Å². The normalized spacial score (nSPS) is 8.80. The van der Waals surface area contributed by atoms with E-state index in [0.29, 0.717) is 0 Å². The third kappa shape index (κ3) is 37.1. The van der Waals surface area contributed by atoms with Gasteiger partial charge in [0.25, 0.3) is 14.1 Å². The molecule has 0 aromatic heterocycles. The average Bonchev–Trinajstić information content (AvgIpc) is 2.90. The van der Waals surface area contributed by atoms with Crippen molar-refractivity contribution < 1.29 is 24.6 Å². The zero-order valence-electron chi connectivity index (χ0n) is 13.5. The molecule has 0 aromatic carbocycles. The molecule has 0 N–H and O–H groups in total. The Balaban J connectivity index is -0.0000000344. The molecule has 118 valence electrons. The Morgan fingerprint density at radius 3 is 1.60 bits per heavy atom. The van der Waals surface area contributed by atoms with Gasteiger partial charge in [-0.05, 0) is 0 Å².